The fraction of sp³-hybridized carbons (Fsp3) is 0.560. The molecule has 5 rings (SSSR count). The number of fused-ring (bicyclic) bond motifs is 1. The molecule has 3 aromatic rings. The molecule has 3 aromatic heterocycles. The molecule has 2 fully saturated rings. The smallest absolute Gasteiger partial charge is 0.268 e. The maximum atomic E-state index is 13.3. The lowest BCUT2D eigenvalue weighted by Crippen LogP contribution is -2.57. The Morgan fingerprint density at radius 1 is 1.27 bits per heavy atom. The molecule has 3 atom stereocenters. The summed E-state index contributed by atoms with van der Waals surface area (Å²) < 4.78 is 25.3. The molecule has 0 saturated carbocycles. The first-order valence-electron chi connectivity index (χ1n) is 12.4. The third kappa shape index (κ3) is 5.02. The van der Waals surface area contributed by atoms with Gasteiger partial charge in [-0.15, -0.1) is 4.72 Å². The second-order valence-corrected chi connectivity index (χ2v) is 14.3. The molecule has 0 radical (unpaired) electrons. The molecule has 0 unspecified atom stereocenters. The van der Waals surface area contributed by atoms with Gasteiger partial charge in [-0.25, -0.2) is 9.50 Å². The van der Waals surface area contributed by atoms with Gasteiger partial charge in [0.15, 0.2) is 0 Å². The van der Waals surface area contributed by atoms with E-state index in [1.807, 2.05) is 39.1 Å². The summed E-state index contributed by atoms with van der Waals surface area (Å²) in [5.74, 6) is 0.649. The lowest BCUT2D eigenvalue weighted by molar-refractivity contribution is 0.0972. The van der Waals surface area contributed by atoms with Gasteiger partial charge < -0.3 is 14.2 Å². The summed E-state index contributed by atoms with van der Waals surface area (Å²) in [6.07, 6.45) is 6.88. The molecule has 2 aliphatic heterocycles. The van der Waals surface area contributed by atoms with Crippen LogP contribution in [0.2, 0.25) is 5.02 Å². The summed E-state index contributed by atoms with van der Waals surface area (Å²) in [6.45, 7) is 10.1. The molecular weight excluding hydrogens is 532 g/mol. The van der Waals surface area contributed by atoms with Gasteiger partial charge in [0, 0.05) is 48.0 Å². The highest BCUT2D eigenvalue weighted by molar-refractivity contribution is 7.99. The monoisotopic (exact) mass is 564 g/mol. The van der Waals surface area contributed by atoms with Gasteiger partial charge in [-0.3, -0.25) is 9.36 Å². The van der Waals surface area contributed by atoms with Crippen molar-refractivity contribution in [1.82, 2.24) is 23.9 Å². The quantitative estimate of drug-likeness (QED) is 0.469. The van der Waals surface area contributed by atoms with Crippen molar-refractivity contribution in [1.29, 1.82) is 0 Å². The van der Waals surface area contributed by atoms with Crippen molar-refractivity contribution < 1.29 is 9.29 Å². The molecule has 0 aliphatic carbocycles. The van der Waals surface area contributed by atoms with Crippen molar-refractivity contribution in [3.8, 4) is 0 Å². The highest BCUT2D eigenvalue weighted by Gasteiger charge is 2.52. The van der Waals surface area contributed by atoms with Crippen LogP contribution in [-0.2, 0) is 23.1 Å². The van der Waals surface area contributed by atoms with Crippen molar-refractivity contribution in [3.63, 3.8) is 0 Å². The lowest BCUT2D eigenvalue weighted by Gasteiger charge is -2.43. The Balaban J connectivity index is 1.31. The van der Waals surface area contributed by atoms with Crippen LogP contribution in [0.5, 0.6) is 0 Å². The molecule has 12 heteroatoms. The van der Waals surface area contributed by atoms with Gasteiger partial charge in [-0.05, 0) is 52.7 Å². The van der Waals surface area contributed by atoms with Crippen LogP contribution in [0, 0.1) is 5.41 Å². The number of piperidine rings is 1. The minimum Gasteiger partial charge on any atom is -0.598 e. The van der Waals surface area contributed by atoms with E-state index in [0.717, 1.165) is 36.3 Å². The summed E-state index contributed by atoms with van der Waals surface area (Å²) in [4.78, 5) is 21.4. The van der Waals surface area contributed by atoms with Crippen molar-refractivity contribution in [2.45, 2.75) is 67.2 Å². The normalized spacial score (nSPS) is 22.7. The van der Waals surface area contributed by atoms with Crippen LogP contribution in [-0.4, -0.2) is 60.3 Å². The largest absolute Gasteiger partial charge is 0.598 e. The van der Waals surface area contributed by atoms with Gasteiger partial charge in [0.1, 0.15) is 4.75 Å². The second-order valence-electron chi connectivity index (χ2n) is 10.9. The van der Waals surface area contributed by atoms with Crippen molar-refractivity contribution >= 4 is 46.2 Å². The number of aromatic nitrogens is 4. The maximum absolute atomic E-state index is 13.3. The van der Waals surface area contributed by atoms with Gasteiger partial charge in [-0.2, -0.15) is 5.10 Å². The fourth-order valence-electron chi connectivity index (χ4n) is 5.12. The fourth-order valence-corrected chi connectivity index (χ4v) is 7.37. The standard InChI is InChI=1S/C25H33ClN6O3S2/c1-16-21(29-37(34)24(2,3)4)25(15-35-16)8-12-31(13-9-25)23-27-14-19(22(33)30(23)5)36-18-7-11-32-17(20(18)26)6-10-28-32/h6-7,10-11,14,16,21,29H,8-9,12-13,15H2,1-5H3/t16-,21+,37+/m0/s1. The number of halogens is 1. The van der Waals surface area contributed by atoms with Crippen molar-refractivity contribution in [2.24, 2.45) is 12.5 Å². The Kier molecular flexibility index (Phi) is 7.32. The minimum atomic E-state index is -1.17. The third-order valence-electron chi connectivity index (χ3n) is 7.41. The zero-order valence-corrected chi connectivity index (χ0v) is 24.1. The molecule has 200 valence electrons. The first kappa shape index (κ1) is 26.8. The number of hydrogen-bond acceptors (Lipinski definition) is 8. The molecule has 0 bridgehead atoms. The zero-order valence-electron chi connectivity index (χ0n) is 21.7. The van der Waals surface area contributed by atoms with E-state index in [9.17, 15) is 9.35 Å². The molecule has 37 heavy (non-hydrogen) atoms. The average molecular weight is 565 g/mol. The number of rotatable bonds is 5. The first-order valence-corrected chi connectivity index (χ1v) is 14.7. The lowest BCUT2D eigenvalue weighted by atomic mass is 9.73. The number of nitrogens with one attached hydrogen (secondary N) is 1. The van der Waals surface area contributed by atoms with E-state index in [4.69, 9.17) is 16.3 Å². The molecule has 2 saturated heterocycles. The Labute approximate surface area is 229 Å². The van der Waals surface area contributed by atoms with Crippen LogP contribution in [0.4, 0.5) is 5.95 Å². The SMILES string of the molecule is C[C@@H]1OCC2(CCN(c3ncc(Sc4ccn5nccc5c4Cl)c(=O)n3C)CC2)[C@@H]1N[S@+]([O-])C(C)(C)C. The molecule has 1 spiro atoms. The van der Waals surface area contributed by atoms with Crippen LogP contribution in [0.15, 0.2) is 45.3 Å². The van der Waals surface area contributed by atoms with Crippen molar-refractivity contribution in [3.05, 3.63) is 46.1 Å². The molecule has 0 aromatic carbocycles. The molecule has 0 amide bonds. The van der Waals surface area contributed by atoms with E-state index < -0.39 is 11.4 Å². The summed E-state index contributed by atoms with van der Waals surface area (Å²) in [6, 6.07) is 3.71. The Morgan fingerprint density at radius 2 is 2.00 bits per heavy atom. The maximum Gasteiger partial charge on any atom is 0.268 e. The van der Waals surface area contributed by atoms with E-state index >= 15 is 0 Å². The van der Waals surface area contributed by atoms with Gasteiger partial charge in [0.2, 0.25) is 5.95 Å². The zero-order chi connectivity index (χ0) is 26.5. The highest BCUT2D eigenvalue weighted by Crippen LogP contribution is 2.43. The number of nitrogens with zero attached hydrogens (tertiary/aromatic N) is 5. The Morgan fingerprint density at radius 3 is 2.70 bits per heavy atom. The van der Waals surface area contributed by atoms with Gasteiger partial charge in [0.25, 0.3) is 5.56 Å². The number of anilines is 1. The van der Waals surface area contributed by atoms with Gasteiger partial charge in [0.05, 0.1) is 46.6 Å². The Bertz CT molecular complexity index is 1350. The van der Waals surface area contributed by atoms with Crippen LogP contribution in [0.1, 0.15) is 40.5 Å². The minimum absolute atomic E-state index is 0.00903. The van der Waals surface area contributed by atoms with E-state index in [0.29, 0.717) is 22.5 Å². The number of ether oxygens (including phenoxy) is 1. The topological polar surface area (TPSA) is 99.8 Å². The summed E-state index contributed by atoms with van der Waals surface area (Å²) in [5, 5.41) is 4.75. The summed E-state index contributed by atoms with van der Waals surface area (Å²) >= 11 is 6.70. The van der Waals surface area contributed by atoms with E-state index in [1.54, 1.807) is 28.5 Å². The molecule has 1 N–H and O–H groups in total. The molecule has 2 aliphatic rings. The van der Waals surface area contributed by atoms with E-state index in [1.165, 1.54) is 11.8 Å². The van der Waals surface area contributed by atoms with Crippen LogP contribution in [0.25, 0.3) is 5.52 Å². The Hall–Kier alpha value is -1.76. The van der Waals surface area contributed by atoms with Gasteiger partial charge >= 0.3 is 0 Å². The number of hydrogen-bond donors (Lipinski definition) is 1. The van der Waals surface area contributed by atoms with E-state index in [2.05, 4.69) is 26.6 Å². The molecule has 5 heterocycles. The van der Waals surface area contributed by atoms with Crippen LogP contribution < -0.4 is 15.2 Å². The predicted molar refractivity (Wildman–Crippen MR) is 148 cm³/mol. The summed E-state index contributed by atoms with van der Waals surface area (Å²) in [5.41, 5.74) is 0.589. The van der Waals surface area contributed by atoms with E-state index in [-0.39, 0.29) is 27.9 Å². The first-order chi connectivity index (χ1) is 17.5. The van der Waals surface area contributed by atoms with Gasteiger partial charge in [-0.1, -0.05) is 23.4 Å². The van der Waals surface area contributed by atoms with Crippen LogP contribution in [0.3, 0.4) is 0 Å². The third-order valence-corrected chi connectivity index (χ3v) is 10.6. The van der Waals surface area contributed by atoms with Crippen molar-refractivity contribution in [2.75, 3.05) is 24.6 Å². The average Bonchev–Trinajstić information content (AvgIpc) is 3.45. The molecule has 9 nitrogen and oxygen atoms in total. The van der Waals surface area contributed by atoms with Crippen LogP contribution >= 0.6 is 23.4 Å². The second kappa shape index (κ2) is 10.1. The highest BCUT2D eigenvalue weighted by atomic mass is 35.5. The molecular formula is C25H33ClN6O3S2. The summed E-state index contributed by atoms with van der Waals surface area (Å²) in [7, 11) is 1.76. The number of pyridine rings is 1. The predicted octanol–water partition coefficient (Wildman–Crippen LogP) is 3.66.